The maximum Gasteiger partial charge on any atom is 0.407 e. The molecule has 4 bridgehead atoms. The van der Waals surface area contributed by atoms with Crippen LogP contribution in [-0.2, 0) is 31.9 Å². The number of aliphatic carboxylic acids is 1. The van der Waals surface area contributed by atoms with Crippen molar-refractivity contribution in [2.75, 3.05) is 13.7 Å². The Morgan fingerprint density at radius 3 is 2.43 bits per heavy atom. The molecular weight excluding hydrogens is 450 g/mol. The highest BCUT2D eigenvalue weighted by Crippen LogP contribution is 2.60. The predicted molar refractivity (Wildman–Crippen MR) is 127 cm³/mol. The molecule has 6 rings (SSSR count). The summed E-state index contributed by atoms with van der Waals surface area (Å²) in [4.78, 5) is 35.8. The summed E-state index contributed by atoms with van der Waals surface area (Å²) in [5.41, 5.74) is 1.65. The van der Waals surface area contributed by atoms with E-state index in [0.29, 0.717) is 24.4 Å². The first-order valence-electron chi connectivity index (χ1n) is 12.5. The van der Waals surface area contributed by atoms with Crippen LogP contribution in [0.1, 0.15) is 56.3 Å². The minimum atomic E-state index is -1.15. The third kappa shape index (κ3) is 5.31. The van der Waals surface area contributed by atoms with Crippen LogP contribution in [0.15, 0.2) is 28.7 Å². The number of methoxy groups -OCH3 is 1. The zero-order valence-electron chi connectivity index (χ0n) is 20.1. The molecule has 4 fully saturated rings. The summed E-state index contributed by atoms with van der Waals surface area (Å²) in [6, 6.07) is 6.20. The fraction of sp³-hybridized carbons (Fsp3) is 0.593. The Kier molecular flexibility index (Phi) is 6.47. The molecule has 0 aliphatic heterocycles. The number of hydrogen-bond donors (Lipinski definition) is 2. The molecule has 1 aromatic heterocycles. The van der Waals surface area contributed by atoms with Crippen molar-refractivity contribution in [3.05, 3.63) is 35.6 Å². The minimum absolute atomic E-state index is 0.00791. The highest BCUT2D eigenvalue weighted by molar-refractivity contribution is 5.81. The molecule has 0 saturated heterocycles. The van der Waals surface area contributed by atoms with Gasteiger partial charge < -0.3 is 24.3 Å². The average Bonchev–Trinajstić information content (AvgIpc) is 3.21. The number of carbonyl (C=O) groups is 3. The molecule has 0 spiro atoms. The minimum Gasteiger partial charge on any atom is -0.480 e. The normalized spacial score (nSPS) is 27.5. The van der Waals surface area contributed by atoms with E-state index in [4.69, 9.17) is 9.15 Å². The highest BCUT2D eigenvalue weighted by Gasteiger charge is 2.51. The number of esters is 1. The van der Waals surface area contributed by atoms with Crippen LogP contribution in [0.25, 0.3) is 11.0 Å². The SMILES string of the molecule is COC(=O)CCc1ccc2oc(CC(NC(=O)OCC34CC5CC(CC(C5)C3)C4)C(=O)O)cc2c1. The molecule has 1 aromatic carbocycles. The van der Waals surface area contributed by atoms with E-state index >= 15 is 0 Å². The van der Waals surface area contributed by atoms with Gasteiger partial charge in [-0.3, -0.25) is 4.79 Å². The molecule has 8 nitrogen and oxygen atoms in total. The molecule has 35 heavy (non-hydrogen) atoms. The summed E-state index contributed by atoms with van der Waals surface area (Å²) >= 11 is 0. The summed E-state index contributed by atoms with van der Waals surface area (Å²) in [6.45, 7) is 0.369. The Morgan fingerprint density at radius 1 is 1.11 bits per heavy atom. The number of aryl methyl sites for hydroxylation is 1. The smallest absolute Gasteiger partial charge is 0.407 e. The second kappa shape index (κ2) is 9.55. The summed E-state index contributed by atoms with van der Waals surface area (Å²) in [5, 5.41) is 13.0. The van der Waals surface area contributed by atoms with E-state index in [9.17, 15) is 19.5 Å². The third-order valence-corrected chi connectivity index (χ3v) is 8.15. The number of carboxylic acid groups (broad SMARTS) is 1. The van der Waals surface area contributed by atoms with Crippen molar-refractivity contribution in [3.8, 4) is 0 Å². The van der Waals surface area contributed by atoms with E-state index in [1.54, 1.807) is 12.1 Å². The standard InChI is InChI=1S/C27H33NO7/c1-33-24(29)5-3-16-2-4-23-20(9-16)10-21(35-23)11-22(25(30)31)28-26(32)34-15-27-12-17-6-18(13-27)8-19(7-17)14-27/h2,4,9-10,17-19,22H,3,5-8,11-15H2,1H3,(H,28,32)(H,30,31). The maximum atomic E-state index is 12.5. The van der Waals surface area contributed by atoms with Crippen molar-refractivity contribution in [1.29, 1.82) is 0 Å². The maximum absolute atomic E-state index is 12.5. The van der Waals surface area contributed by atoms with Gasteiger partial charge in [0.25, 0.3) is 0 Å². The van der Waals surface area contributed by atoms with Gasteiger partial charge in [0.05, 0.1) is 13.7 Å². The largest absolute Gasteiger partial charge is 0.480 e. The molecule has 4 aliphatic rings. The molecular formula is C27H33NO7. The van der Waals surface area contributed by atoms with Crippen LogP contribution in [-0.4, -0.2) is 42.9 Å². The number of benzene rings is 1. The topological polar surface area (TPSA) is 115 Å². The van der Waals surface area contributed by atoms with Crippen molar-refractivity contribution in [2.24, 2.45) is 23.2 Å². The van der Waals surface area contributed by atoms with Crippen LogP contribution in [0.2, 0.25) is 0 Å². The molecule has 0 radical (unpaired) electrons. The monoisotopic (exact) mass is 483 g/mol. The molecule has 1 amide bonds. The van der Waals surface area contributed by atoms with Crippen LogP contribution < -0.4 is 5.32 Å². The number of amides is 1. The molecule has 8 heteroatoms. The molecule has 2 aromatic rings. The van der Waals surface area contributed by atoms with Crippen LogP contribution in [0.5, 0.6) is 0 Å². The van der Waals surface area contributed by atoms with E-state index in [1.165, 1.54) is 26.4 Å². The van der Waals surface area contributed by atoms with E-state index in [2.05, 4.69) is 10.1 Å². The van der Waals surface area contributed by atoms with E-state index < -0.39 is 18.1 Å². The lowest BCUT2D eigenvalue weighted by Crippen LogP contribution is -2.49. The third-order valence-electron chi connectivity index (χ3n) is 8.15. The Morgan fingerprint density at radius 2 is 1.80 bits per heavy atom. The predicted octanol–water partition coefficient (Wildman–Crippen LogP) is 4.48. The van der Waals surface area contributed by atoms with E-state index in [-0.39, 0.29) is 24.2 Å². The Hall–Kier alpha value is -3.03. The highest BCUT2D eigenvalue weighted by atomic mass is 16.5. The molecule has 2 N–H and O–H groups in total. The van der Waals surface area contributed by atoms with Crippen molar-refractivity contribution in [3.63, 3.8) is 0 Å². The number of nitrogens with one attached hydrogen (secondary N) is 1. The first-order chi connectivity index (χ1) is 16.8. The van der Waals surface area contributed by atoms with Gasteiger partial charge in [-0.15, -0.1) is 0 Å². The summed E-state index contributed by atoms with van der Waals surface area (Å²) in [7, 11) is 1.36. The molecule has 4 aliphatic carbocycles. The van der Waals surface area contributed by atoms with Gasteiger partial charge in [0.15, 0.2) is 0 Å². The van der Waals surface area contributed by atoms with Crippen LogP contribution in [0.4, 0.5) is 4.79 Å². The van der Waals surface area contributed by atoms with Crippen molar-refractivity contribution >= 4 is 29.0 Å². The van der Waals surface area contributed by atoms with Gasteiger partial charge in [-0.2, -0.15) is 0 Å². The van der Waals surface area contributed by atoms with Gasteiger partial charge in [0.1, 0.15) is 17.4 Å². The van der Waals surface area contributed by atoms with Gasteiger partial charge in [-0.1, -0.05) is 6.07 Å². The Labute approximate surface area is 204 Å². The number of rotatable bonds is 9. The van der Waals surface area contributed by atoms with Crippen LogP contribution in [0, 0.1) is 23.2 Å². The summed E-state index contributed by atoms with van der Waals surface area (Å²) < 4.78 is 16.1. The van der Waals surface area contributed by atoms with Gasteiger partial charge >= 0.3 is 18.0 Å². The second-order valence-corrected chi connectivity index (χ2v) is 10.9. The van der Waals surface area contributed by atoms with Crippen molar-refractivity contribution in [2.45, 2.75) is 63.8 Å². The number of carboxylic acids is 1. The second-order valence-electron chi connectivity index (χ2n) is 10.9. The number of furan rings is 1. The van der Waals surface area contributed by atoms with Gasteiger partial charge in [0.2, 0.25) is 0 Å². The fourth-order valence-electron chi connectivity index (χ4n) is 7.02. The number of hydrogen-bond acceptors (Lipinski definition) is 6. The van der Waals surface area contributed by atoms with Gasteiger partial charge in [0, 0.05) is 23.6 Å². The quantitative estimate of drug-likeness (QED) is 0.506. The first kappa shape index (κ1) is 23.7. The number of ether oxygens (including phenoxy) is 2. The average molecular weight is 484 g/mol. The van der Waals surface area contributed by atoms with Crippen molar-refractivity contribution < 1.29 is 33.4 Å². The lowest BCUT2D eigenvalue weighted by molar-refractivity contribution is -0.141. The van der Waals surface area contributed by atoms with Gasteiger partial charge in [-0.05, 0) is 86.5 Å². The van der Waals surface area contributed by atoms with Crippen LogP contribution in [0.3, 0.4) is 0 Å². The zero-order valence-corrected chi connectivity index (χ0v) is 20.1. The lowest BCUT2D eigenvalue weighted by Gasteiger charge is -2.56. The zero-order chi connectivity index (χ0) is 24.6. The number of carbonyl (C=O) groups excluding carboxylic acids is 2. The van der Waals surface area contributed by atoms with E-state index in [0.717, 1.165) is 48.0 Å². The lowest BCUT2D eigenvalue weighted by atomic mass is 9.50. The molecule has 188 valence electrons. The molecule has 4 saturated carbocycles. The number of alkyl carbamates (subject to hydrolysis) is 1. The van der Waals surface area contributed by atoms with E-state index in [1.807, 2.05) is 12.1 Å². The summed E-state index contributed by atoms with van der Waals surface area (Å²) in [5.74, 6) is 1.31. The first-order valence-corrected chi connectivity index (χ1v) is 12.5. The molecule has 1 heterocycles. The van der Waals surface area contributed by atoms with Gasteiger partial charge in [-0.25, -0.2) is 9.59 Å². The number of fused-ring (bicyclic) bond motifs is 1. The van der Waals surface area contributed by atoms with Crippen molar-refractivity contribution in [1.82, 2.24) is 5.32 Å². The summed E-state index contributed by atoms with van der Waals surface area (Å²) in [6.07, 6.45) is 7.45. The molecule has 1 atom stereocenters. The fourth-order valence-corrected chi connectivity index (χ4v) is 7.02. The molecule has 1 unspecified atom stereocenters. The Balaban J connectivity index is 1.18. The van der Waals surface area contributed by atoms with Crippen LogP contribution >= 0.6 is 0 Å². The Bertz CT molecular complexity index is 1080.